The van der Waals surface area contributed by atoms with Crippen LogP contribution in [0.2, 0.25) is 5.02 Å². The average molecular weight is 405 g/mol. The Morgan fingerprint density at radius 1 is 1.14 bits per heavy atom. The van der Waals surface area contributed by atoms with Gasteiger partial charge in [0, 0.05) is 16.3 Å². The molecule has 2 aromatic carbocycles. The zero-order valence-electron chi connectivity index (χ0n) is 16.4. The van der Waals surface area contributed by atoms with E-state index in [1.165, 1.54) is 5.56 Å². The SMILES string of the molecule is Cc1ccc(-n2ncc3c(C4CC4)nn(Cc4ccccc4Cl)c(=O)c32)c(C)c1. The third kappa shape index (κ3) is 3.15. The number of rotatable bonds is 4. The van der Waals surface area contributed by atoms with Gasteiger partial charge in [0.1, 0.15) is 5.52 Å². The largest absolute Gasteiger partial charge is 0.293 e. The van der Waals surface area contributed by atoms with Gasteiger partial charge in [-0.25, -0.2) is 9.36 Å². The third-order valence-electron chi connectivity index (χ3n) is 5.53. The van der Waals surface area contributed by atoms with Crippen LogP contribution in [0, 0.1) is 13.8 Å². The Morgan fingerprint density at radius 3 is 2.66 bits per heavy atom. The van der Waals surface area contributed by atoms with E-state index in [9.17, 15) is 4.79 Å². The first kappa shape index (κ1) is 18.1. The van der Waals surface area contributed by atoms with Crippen LogP contribution in [0.5, 0.6) is 0 Å². The van der Waals surface area contributed by atoms with E-state index in [0.717, 1.165) is 40.7 Å². The van der Waals surface area contributed by atoms with Gasteiger partial charge in [0.05, 0.1) is 24.1 Å². The second-order valence-electron chi connectivity index (χ2n) is 7.82. The lowest BCUT2D eigenvalue weighted by molar-refractivity contribution is 0.626. The van der Waals surface area contributed by atoms with E-state index in [1.54, 1.807) is 15.6 Å². The van der Waals surface area contributed by atoms with Gasteiger partial charge in [-0.3, -0.25) is 4.79 Å². The monoisotopic (exact) mass is 404 g/mol. The summed E-state index contributed by atoms with van der Waals surface area (Å²) in [5.74, 6) is 0.396. The number of fused-ring (bicyclic) bond motifs is 1. The van der Waals surface area contributed by atoms with Gasteiger partial charge in [-0.2, -0.15) is 10.2 Å². The number of benzene rings is 2. The first-order chi connectivity index (χ1) is 14.0. The molecule has 146 valence electrons. The first-order valence-corrected chi connectivity index (χ1v) is 10.2. The molecular weight excluding hydrogens is 384 g/mol. The summed E-state index contributed by atoms with van der Waals surface area (Å²) in [6.07, 6.45) is 3.98. The van der Waals surface area contributed by atoms with Crippen molar-refractivity contribution < 1.29 is 0 Å². The van der Waals surface area contributed by atoms with Crippen LogP contribution in [-0.2, 0) is 6.54 Å². The van der Waals surface area contributed by atoms with Crippen molar-refractivity contribution in [2.24, 2.45) is 0 Å². The van der Waals surface area contributed by atoms with Crippen LogP contribution >= 0.6 is 11.6 Å². The molecule has 6 heteroatoms. The molecule has 1 aliphatic carbocycles. The number of nitrogens with zero attached hydrogens (tertiary/aromatic N) is 4. The summed E-state index contributed by atoms with van der Waals surface area (Å²) in [6, 6.07) is 13.7. The van der Waals surface area contributed by atoms with Crippen molar-refractivity contribution in [2.45, 2.75) is 39.2 Å². The van der Waals surface area contributed by atoms with Crippen molar-refractivity contribution in [3.8, 4) is 5.69 Å². The number of halogens is 1. The van der Waals surface area contributed by atoms with E-state index in [2.05, 4.69) is 18.1 Å². The number of hydrogen-bond acceptors (Lipinski definition) is 3. The number of aryl methyl sites for hydroxylation is 2. The number of aromatic nitrogens is 4. The van der Waals surface area contributed by atoms with Gasteiger partial charge in [-0.15, -0.1) is 0 Å². The zero-order chi connectivity index (χ0) is 20.1. The fourth-order valence-electron chi connectivity index (χ4n) is 3.87. The Hall–Kier alpha value is -2.92. The van der Waals surface area contributed by atoms with E-state index >= 15 is 0 Å². The summed E-state index contributed by atoms with van der Waals surface area (Å²) < 4.78 is 3.31. The van der Waals surface area contributed by atoms with Gasteiger partial charge in [0.25, 0.3) is 5.56 Å². The fourth-order valence-corrected chi connectivity index (χ4v) is 4.07. The molecule has 0 atom stereocenters. The Morgan fingerprint density at radius 2 is 1.93 bits per heavy atom. The molecule has 29 heavy (non-hydrogen) atoms. The maximum Gasteiger partial charge on any atom is 0.293 e. The highest BCUT2D eigenvalue weighted by Crippen LogP contribution is 2.41. The Kier molecular flexibility index (Phi) is 4.28. The first-order valence-electron chi connectivity index (χ1n) is 9.82. The second-order valence-corrected chi connectivity index (χ2v) is 8.23. The molecule has 5 nitrogen and oxygen atoms in total. The van der Waals surface area contributed by atoms with Gasteiger partial charge in [-0.05, 0) is 49.9 Å². The van der Waals surface area contributed by atoms with Crippen molar-refractivity contribution in [3.63, 3.8) is 0 Å². The summed E-state index contributed by atoms with van der Waals surface area (Å²) in [5.41, 5.74) is 5.45. The molecule has 0 spiro atoms. The summed E-state index contributed by atoms with van der Waals surface area (Å²) in [6.45, 7) is 4.44. The molecular formula is C23H21ClN4O. The van der Waals surface area contributed by atoms with Crippen molar-refractivity contribution in [1.82, 2.24) is 19.6 Å². The summed E-state index contributed by atoms with van der Waals surface area (Å²) >= 11 is 6.34. The highest BCUT2D eigenvalue weighted by molar-refractivity contribution is 6.31. The van der Waals surface area contributed by atoms with Crippen LogP contribution in [0.15, 0.2) is 53.5 Å². The van der Waals surface area contributed by atoms with Crippen molar-refractivity contribution in [1.29, 1.82) is 0 Å². The third-order valence-corrected chi connectivity index (χ3v) is 5.90. The molecule has 0 unspecified atom stereocenters. The molecule has 4 aromatic rings. The van der Waals surface area contributed by atoms with Crippen LogP contribution in [-0.4, -0.2) is 19.6 Å². The minimum Gasteiger partial charge on any atom is -0.265 e. The van der Waals surface area contributed by atoms with Gasteiger partial charge in [0.2, 0.25) is 0 Å². The van der Waals surface area contributed by atoms with Crippen molar-refractivity contribution >= 4 is 22.5 Å². The summed E-state index contributed by atoms with van der Waals surface area (Å²) in [7, 11) is 0. The van der Waals surface area contributed by atoms with Crippen LogP contribution in [0.4, 0.5) is 0 Å². The molecule has 0 aliphatic heterocycles. The topological polar surface area (TPSA) is 52.7 Å². The van der Waals surface area contributed by atoms with Gasteiger partial charge in [-0.1, -0.05) is 47.5 Å². The van der Waals surface area contributed by atoms with Gasteiger partial charge in [0.15, 0.2) is 0 Å². The van der Waals surface area contributed by atoms with E-state index in [1.807, 2.05) is 43.3 Å². The molecule has 1 fully saturated rings. The lowest BCUT2D eigenvalue weighted by Gasteiger charge is -2.12. The minimum absolute atomic E-state index is 0.151. The lowest BCUT2D eigenvalue weighted by atomic mass is 10.1. The normalized spacial score (nSPS) is 13.9. The molecule has 2 aromatic heterocycles. The van der Waals surface area contributed by atoms with Crippen LogP contribution < -0.4 is 5.56 Å². The standard InChI is InChI=1S/C23H21ClN4O/c1-14-7-10-20(15(2)11-14)28-22-18(12-25-28)21(16-8-9-16)26-27(23(22)29)13-17-5-3-4-6-19(17)24/h3-7,10-12,16H,8-9,13H2,1-2H3. The van der Waals surface area contributed by atoms with Crippen LogP contribution in [0.1, 0.15) is 41.1 Å². The van der Waals surface area contributed by atoms with E-state index < -0.39 is 0 Å². The molecule has 2 heterocycles. The fraction of sp³-hybridized carbons (Fsp3) is 0.261. The number of hydrogen-bond donors (Lipinski definition) is 0. The quantitative estimate of drug-likeness (QED) is 0.492. The van der Waals surface area contributed by atoms with Gasteiger partial charge < -0.3 is 0 Å². The molecule has 1 saturated carbocycles. The van der Waals surface area contributed by atoms with E-state index in [0.29, 0.717) is 23.0 Å². The maximum atomic E-state index is 13.5. The van der Waals surface area contributed by atoms with E-state index in [4.69, 9.17) is 16.7 Å². The molecule has 0 saturated heterocycles. The highest BCUT2D eigenvalue weighted by Gasteiger charge is 2.30. The Balaban J connectivity index is 1.74. The minimum atomic E-state index is -0.151. The Bertz CT molecular complexity index is 1300. The zero-order valence-corrected chi connectivity index (χ0v) is 17.1. The maximum absolute atomic E-state index is 13.5. The predicted octanol–water partition coefficient (Wildman–Crippen LogP) is 4.78. The average Bonchev–Trinajstić information content (AvgIpc) is 3.44. The van der Waals surface area contributed by atoms with Crippen LogP contribution in [0.3, 0.4) is 0 Å². The second kappa shape index (κ2) is 6.85. The lowest BCUT2D eigenvalue weighted by Crippen LogP contribution is -2.26. The van der Waals surface area contributed by atoms with Crippen molar-refractivity contribution in [3.05, 3.63) is 86.4 Å². The van der Waals surface area contributed by atoms with Gasteiger partial charge >= 0.3 is 0 Å². The molecule has 5 rings (SSSR count). The summed E-state index contributed by atoms with van der Waals surface area (Å²) in [5, 5.41) is 10.8. The Labute approximate surface area is 173 Å². The van der Waals surface area contributed by atoms with Crippen molar-refractivity contribution in [2.75, 3.05) is 0 Å². The molecule has 0 bridgehead atoms. The smallest absolute Gasteiger partial charge is 0.265 e. The molecule has 0 N–H and O–H groups in total. The van der Waals surface area contributed by atoms with E-state index in [-0.39, 0.29) is 5.56 Å². The molecule has 0 radical (unpaired) electrons. The predicted molar refractivity (Wildman–Crippen MR) is 115 cm³/mol. The van der Waals surface area contributed by atoms with Crippen LogP contribution in [0.25, 0.3) is 16.6 Å². The highest BCUT2D eigenvalue weighted by atomic mass is 35.5. The molecule has 0 amide bonds. The molecule has 1 aliphatic rings. The summed E-state index contributed by atoms with van der Waals surface area (Å²) in [4.78, 5) is 13.5.